The van der Waals surface area contributed by atoms with Crippen LogP contribution in [0.5, 0.6) is 11.5 Å². The molecule has 2 aromatic rings. The first-order valence-corrected chi connectivity index (χ1v) is 5.79. The van der Waals surface area contributed by atoms with Crippen molar-refractivity contribution in [1.29, 1.82) is 0 Å². The highest BCUT2D eigenvalue weighted by Gasteiger charge is 2.15. The Bertz CT molecular complexity index is 702. The number of hydrogen-bond acceptors (Lipinski definition) is 6. The number of aromatic nitrogens is 1. The van der Waals surface area contributed by atoms with Gasteiger partial charge in [0.1, 0.15) is 11.5 Å². The summed E-state index contributed by atoms with van der Waals surface area (Å²) in [5.41, 5.74) is 0.0868. The summed E-state index contributed by atoms with van der Waals surface area (Å²) >= 11 is 0. The van der Waals surface area contributed by atoms with Crippen LogP contribution in [0.25, 0.3) is 0 Å². The van der Waals surface area contributed by atoms with Crippen molar-refractivity contribution in [2.75, 3.05) is 12.4 Å². The lowest BCUT2D eigenvalue weighted by molar-refractivity contribution is -0.384. The molecule has 2 rings (SSSR count). The third kappa shape index (κ3) is 3.24. The smallest absolute Gasteiger partial charge is 0.271 e. The molecule has 0 aliphatic heterocycles. The van der Waals surface area contributed by atoms with Crippen molar-refractivity contribution < 1.29 is 19.6 Å². The van der Waals surface area contributed by atoms with E-state index in [9.17, 15) is 20.0 Å². The van der Waals surface area contributed by atoms with Gasteiger partial charge >= 0.3 is 0 Å². The van der Waals surface area contributed by atoms with Crippen LogP contribution in [0, 0.1) is 10.1 Å². The number of nitro benzene ring substituents is 1. The fraction of sp³-hybridized carbons (Fsp3) is 0.0769. The Morgan fingerprint density at radius 1 is 1.38 bits per heavy atom. The van der Waals surface area contributed by atoms with Gasteiger partial charge in [-0.2, -0.15) is 0 Å². The molecule has 108 valence electrons. The molecule has 0 aliphatic rings. The van der Waals surface area contributed by atoms with Gasteiger partial charge in [-0.15, -0.1) is 0 Å². The van der Waals surface area contributed by atoms with Gasteiger partial charge in [-0.1, -0.05) is 0 Å². The minimum absolute atomic E-state index is 0.114. The zero-order valence-electron chi connectivity index (χ0n) is 10.9. The van der Waals surface area contributed by atoms with Crippen molar-refractivity contribution in [1.82, 2.24) is 4.98 Å². The number of pyridine rings is 1. The van der Waals surface area contributed by atoms with Crippen LogP contribution in [0.15, 0.2) is 36.7 Å². The Kier molecular flexibility index (Phi) is 3.98. The van der Waals surface area contributed by atoms with Gasteiger partial charge in [-0.25, -0.2) is 0 Å². The van der Waals surface area contributed by atoms with E-state index in [0.717, 1.165) is 0 Å². The summed E-state index contributed by atoms with van der Waals surface area (Å²) in [6, 6.07) is 5.07. The molecule has 0 atom stereocenters. The molecule has 1 amide bonds. The van der Waals surface area contributed by atoms with Gasteiger partial charge < -0.3 is 15.2 Å². The number of nitro groups is 1. The molecule has 8 nitrogen and oxygen atoms in total. The zero-order valence-corrected chi connectivity index (χ0v) is 10.9. The van der Waals surface area contributed by atoms with Crippen LogP contribution in [0.1, 0.15) is 10.4 Å². The molecule has 8 heteroatoms. The number of anilines is 1. The normalized spacial score (nSPS) is 9.95. The van der Waals surface area contributed by atoms with Gasteiger partial charge in [0, 0.05) is 18.3 Å². The summed E-state index contributed by atoms with van der Waals surface area (Å²) in [4.78, 5) is 25.9. The Morgan fingerprint density at radius 2 is 2.14 bits per heavy atom. The molecular formula is C13H11N3O5. The maximum Gasteiger partial charge on any atom is 0.271 e. The molecule has 0 saturated heterocycles. The number of amides is 1. The van der Waals surface area contributed by atoms with Crippen LogP contribution in [-0.2, 0) is 0 Å². The lowest BCUT2D eigenvalue weighted by Gasteiger charge is -2.09. The molecule has 0 fully saturated rings. The van der Waals surface area contributed by atoms with Crippen LogP contribution < -0.4 is 10.1 Å². The van der Waals surface area contributed by atoms with E-state index in [4.69, 9.17) is 4.74 Å². The third-order valence-corrected chi connectivity index (χ3v) is 2.63. The fourth-order valence-corrected chi connectivity index (χ4v) is 1.65. The molecule has 0 unspecified atom stereocenters. The van der Waals surface area contributed by atoms with E-state index in [0.29, 0.717) is 0 Å². The highest BCUT2D eigenvalue weighted by atomic mass is 16.6. The number of non-ortho nitro benzene ring substituents is 1. The lowest BCUT2D eigenvalue weighted by atomic mass is 10.2. The van der Waals surface area contributed by atoms with Crippen LogP contribution in [0.3, 0.4) is 0 Å². The number of carbonyl (C=O) groups is 1. The number of carbonyl (C=O) groups excluding carboxylic acids is 1. The highest BCUT2D eigenvalue weighted by Crippen LogP contribution is 2.29. The highest BCUT2D eigenvalue weighted by molar-refractivity contribution is 6.05. The van der Waals surface area contributed by atoms with E-state index >= 15 is 0 Å². The number of nitrogens with zero attached hydrogens (tertiary/aromatic N) is 2. The van der Waals surface area contributed by atoms with Gasteiger partial charge in [-0.3, -0.25) is 19.9 Å². The first-order valence-electron chi connectivity index (χ1n) is 5.79. The van der Waals surface area contributed by atoms with Crippen molar-refractivity contribution in [2.45, 2.75) is 0 Å². The second-order valence-electron chi connectivity index (χ2n) is 4.03. The predicted molar refractivity (Wildman–Crippen MR) is 73.5 cm³/mol. The maximum atomic E-state index is 12.0. The number of benzene rings is 1. The molecule has 0 saturated carbocycles. The predicted octanol–water partition coefficient (Wildman–Crippen LogP) is 1.96. The third-order valence-electron chi connectivity index (χ3n) is 2.63. The number of methoxy groups -OCH3 is 1. The standard InChI is InChI=1S/C13H11N3O5/c1-21-12-3-2-9(16(19)20)5-11(12)15-13(18)8-4-10(17)7-14-6-8/h2-7,17H,1H3,(H,15,18). The van der Waals surface area contributed by atoms with Gasteiger partial charge in [0.2, 0.25) is 0 Å². The van der Waals surface area contributed by atoms with Crippen molar-refractivity contribution in [3.8, 4) is 11.5 Å². The average Bonchev–Trinajstić information content (AvgIpc) is 2.47. The Balaban J connectivity index is 2.31. The quantitative estimate of drug-likeness (QED) is 0.656. The second kappa shape index (κ2) is 5.87. The van der Waals surface area contributed by atoms with Crippen molar-refractivity contribution >= 4 is 17.3 Å². The number of ether oxygens (including phenoxy) is 1. The summed E-state index contributed by atoms with van der Waals surface area (Å²) < 4.78 is 5.04. The molecule has 1 heterocycles. The van der Waals surface area contributed by atoms with E-state index in [2.05, 4.69) is 10.3 Å². The van der Waals surface area contributed by atoms with Crippen molar-refractivity contribution in [2.24, 2.45) is 0 Å². The number of nitrogens with one attached hydrogen (secondary N) is 1. The van der Waals surface area contributed by atoms with E-state index in [1.165, 1.54) is 43.8 Å². The van der Waals surface area contributed by atoms with Gasteiger partial charge in [0.15, 0.2) is 0 Å². The molecule has 1 aromatic heterocycles. The number of rotatable bonds is 4. The summed E-state index contributed by atoms with van der Waals surface area (Å²) in [5.74, 6) is -0.451. The Labute approximate surface area is 119 Å². The van der Waals surface area contributed by atoms with Crippen LogP contribution in [-0.4, -0.2) is 28.0 Å². The second-order valence-corrected chi connectivity index (χ2v) is 4.03. The SMILES string of the molecule is COc1ccc([N+](=O)[O-])cc1NC(=O)c1cncc(O)c1. The first-order chi connectivity index (χ1) is 10.0. The van der Waals surface area contributed by atoms with Crippen molar-refractivity contribution in [3.63, 3.8) is 0 Å². The summed E-state index contributed by atoms with van der Waals surface area (Å²) in [5, 5.41) is 22.5. The molecule has 21 heavy (non-hydrogen) atoms. The summed E-state index contributed by atoms with van der Waals surface area (Å²) in [6.07, 6.45) is 2.45. The monoisotopic (exact) mass is 289 g/mol. The van der Waals surface area contributed by atoms with E-state index in [1.807, 2.05) is 0 Å². The van der Waals surface area contributed by atoms with Crippen LogP contribution in [0.2, 0.25) is 0 Å². The van der Waals surface area contributed by atoms with Gasteiger partial charge in [0.05, 0.1) is 29.5 Å². The fourth-order valence-electron chi connectivity index (χ4n) is 1.65. The first kappa shape index (κ1) is 14.3. The largest absolute Gasteiger partial charge is 0.506 e. The number of aromatic hydroxyl groups is 1. The maximum absolute atomic E-state index is 12.0. The Morgan fingerprint density at radius 3 is 2.76 bits per heavy atom. The molecule has 0 bridgehead atoms. The minimum atomic E-state index is -0.578. The molecular weight excluding hydrogens is 278 g/mol. The van der Waals surface area contributed by atoms with E-state index < -0.39 is 10.8 Å². The topological polar surface area (TPSA) is 115 Å². The lowest BCUT2D eigenvalue weighted by Crippen LogP contribution is -2.13. The average molecular weight is 289 g/mol. The van der Waals surface area contributed by atoms with Crippen LogP contribution >= 0.6 is 0 Å². The minimum Gasteiger partial charge on any atom is -0.506 e. The van der Waals surface area contributed by atoms with Crippen LogP contribution in [0.4, 0.5) is 11.4 Å². The summed E-state index contributed by atoms with van der Waals surface area (Å²) in [7, 11) is 1.38. The Hall–Kier alpha value is -3.16. The van der Waals surface area contributed by atoms with E-state index in [1.54, 1.807) is 0 Å². The van der Waals surface area contributed by atoms with Gasteiger partial charge in [-0.05, 0) is 12.1 Å². The van der Waals surface area contributed by atoms with E-state index in [-0.39, 0.29) is 28.4 Å². The zero-order chi connectivity index (χ0) is 15.4. The molecule has 0 spiro atoms. The molecule has 1 aromatic carbocycles. The number of hydrogen-bond donors (Lipinski definition) is 2. The molecule has 0 radical (unpaired) electrons. The summed E-state index contributed by atoms with van der Waals surface area (Å²) in [6.45, 7) is 0. The van der Waals surface area contributed by atoms with Gasteiger partial charge in [0.25, 0.3) is 11.6 Å². The van der Waals surface area contributed by atoms with Crippen molar-refractivity contribution in [3.05, 3.63) is 52.3 Å². The molecule has 0 aliphatic carbocycles. The molecule has 2 N–H and O–H groups in total.